The Kier molecular flexibility index (Phi) is 6.77. The molecular formula is C21H26N6O4. The highest BCUT2D eigenvalue weighted by atomic mass is 16.3. The molecule has 1 aliphatic rings. The Bertz CT molecular complexity index is 1080. The van der Waals surface area contributed by atoms with Gasteiger partial charge in [-0.05, 0) is 31.2 Å². The third-order valence-electron chi connectivity index (χ3n) is 5.47. The van der Waals surface area contributed by atoms with Gasteiger partial charge in [0.15, 0.2) is 0 Å². The van der Waals surface area contributed by atoms with Gasteiger partial charge in [-0.3, -0.25) is 19.1 Å². The van der Waals surface area contributed by atoms with Gasteiger partial charge in [-0.2, -0.15) is 5.26 Å². The summed E-state index contributed by atoms with van der Waals surface area (Å²) >= 11 is 0. The lowest BCUT2D eigenvalue weighted by atomic mass is 10.00. The second kappa shape index (κ2) is 9.49. The van der Waals surface area contributed by atoms with Crippen molar-refractivity contribution in [2.45, 2.75) is 37.8 Å². The van der Waals surface area contributed by atoms with E-state index in [0.29, 0.717) is 12.8 Å². The van der Waals surface area contributed by atoms with E-state index in [1.807, 2.05) is 30.3 Å². The van der Waals surface area contributed by atoms with Crippen molar-refractivity contribution in [3.05, 3.63) is 56.7 Å². The third-order valence-corrected chi connectivity index (χ3v) is 5.47. The van der Waals surface area contributed by atoms with Crippen molar-refractivity contribution in [3.8, 4) is 6.07 Å². The van der Waals surface area contributed by atoms with Gasteiger partial charge < -0.3 is 21.1 Å². The van der Waals surface area contributed by atoms with Crippen molar-refractivity contribution in [3.63, 3.8) is 0 Å². The normalized spacial score (nSPS) is 14.7. The molecule has 10 heteroatoms. The first-order valence-corrected chi connectivity index (χ1v) is 10.1. The van der Waals surface area contributed by atoms with E-state index in [1.54, 1.807) is 0 Å². The molecular weight excluding hydrogens is 400 g/mol. The first kappa shape index (κ1) is 22.1. The molecule has 3 rings (SSSR count). The SMILES string of the molecule is N#CC1(NC(=O)CN(CCO)c2c(N)n(Cc3ccccc3)c(=O)[nH]c2=O)CCCC1. The van der Waals surface area contributed by atoms with Crippen LogP contribution in [-0.2, 0) is 11.3 Å². The van der Waals surface area contributed by atoms with E-state index in [1.165, 1.54) is 9.47 Å². The van der Waals surface area contributed by atoms with E-state index in [2.05, 4.69) is 16.4 Å². The summed E-state index contributed by atoms with van der Waals surface area (Å²) in [5.74, 6) is -0.564. The average molecular weight is 426 g/mol. The van der Waals surface area contributed by atoms with Crippen LogP contribution in [0, 0.1) is 11.3 Å². The lowest BCUT2D eigenvalue weighted by molar-refractivity contribution is -0.121. The van der Waals surface area contributed by atoms with Crippen LogP contribution in [0.4, 0.5) is 11.5 Å². The largest absolute Gasteiger partial charge is 0.395 e. The zero-order chi connectivity index (χ0) is 22.4. The van der Waals surface area contributed by atoms with Crippen LogP contribution in [-0.4, -0.2) is 45.8 Å². The number of rotatable bonds is 8. The number of carbonyl (C=O) groups excluding carboxylic acids is 1. The molecule has 0 radical (unpaired) electrons. The Hall–Kier alpha value is -3.58. The molecule has 2 aromatic rings. The number of nitrogens with two attached hydrogens (primary N) is 1. The molecule has 0 unspecified atom stereocenters. The maximum atomic E-state index is 12.7. The number of H-pyrrole nitrogens is 1. The minimum absolute atomic E-state index is 0.0518. The first-order chi connectivity index (χ1) is 14.9. The van der Waals surface area contributed by atoms with E-state index in [-0.39, 0.29) is 37.7 Å². The summed E-state index contributed by atoms with van der Waals surface area (Å²) in [4.78, 5) is 41.2. The Balaban J connectivity index is 1.90. The predicted molar refractivity (Wildman–Crippen MR) is 116 cm³/mol. The van der Waals surface area contributed by atoms with E-state index in [9.17, 15) is 24.8 Å². The van der Waals surface area contributed by atoms with Gasteiger partial charge in [0.2, 0.25) is 5.91 Å². The number of aliphatic hydroxyl groups is 1. The van der Waals surface area contributed by atoms with E-state index < -0.39 is 22.7 Å². The molecule has 10 nitrogen and oxygen atoms in total. The maximum Gasteiger partial charge on any atom is 0.330 e. The van der Waals surface area contributed by atoms with Crippen molar-refractivity contribution in [1.82, 2.24) is 14.9 Å². The first-order valence-electron chi connectivity index (χ1n) is 10.1. The van der Waals surface area contributed by atoms with E-state index >= 15 is 0 Å². The summed E-state index contributed by atoms with van der Waals surface area (Å²) in [6.45, 7) is -0.552. The number of anilines is 2. The number of nitrogens with one attached hydrogen (secondary N) is 2. The van der Waals surface area contributed by atoms with Gasteiger partial charge in [-0.15, -0.1) is 0 Å². The van der Waals surface area contributed by atoms with Crippen LogP contribution in [0.15, 0.2) is 39.9 Å². The summed E-state index contributed by atoms with van der Waals surface area (Å²) < 4.78 is 1.21. The molecule has 1 aliphatic carbocycles. The number of aromatic nitrogens is 2. The predicted octanol–water partition coefficient (Wildman–Crippen LogP) is -0.0816. The summed E-state index contributed by atoms with van der Waals surface area (Å²) in [7, 11) is 0. The fraction of sp³-hybridized carbons (Fsp3) is 0.429. The summed E-state index contributed by atoms with van der Waals surface area (Å²) in [6.07, 6.45) is 2.84. The average Bonchev–Trinajstić information content (AvgIpc) is 3.20. The smallest absolute Gasteiger partial charge is 0.330 e. The van der Waals surface area contributed by atoms with Crippen LogP contribution in [0.1, 0.15) is 31.2 Å². The van der Waals surface area contributed by atoms with Gasteiger partial charge in [0, 0.05) is 6.54 Å². The minimum atomic E-state index is -0.911. The Morgan fingerprint density at radius 2 is 1.97 bits per heavy atom. The molecule has 164 valence electrons. The Labute approximate surface area is 178 Å². The van der Waals surface area contributed by atoms with Gasteiger partial charge in [0.1, 0.15) is 17.0 Å². The van der Waals surface area contributed by atoms with Gasteiger partial charge in [0.05, 0.1) is 25.8 Å². The second-order valence-corrected chi connectivity index (χ2v) is 7.66. The quantitative estimate of drug-likeness (QED) is 0.460. The number of aromatic amines is 1. The van der Waals surface area contributed by atoms with Crippen molar-refractivity contribution < 1.29 is 9.90 Å². The molecule has 31 heavy (non-hydrogen) atoms. The number of nitrogens with zero attached hydrogens (tertiary/aromatic N) is 3. The second-order valence-electron chi connectivity index (χ2n) is 7.66. The molecule has 1 aromatic carbocycles. The van der Waals surface area contributed by atoms with Crippen molar-refractivity contribution in [2.24, 2.45) is 0 Å². The Morgan fingerprint density at radius 1 is 1.29 bits per heavy atom. The molecule has 5 N–H and O–H groups in total. The van der Waals surface area contributed by atoms with E-state index in [4.69, 9.17) is 5.73 Å². The fourth-order valence-electron chi connectivity index (χ4n) is 3.92. The third kappa shape index (κ3) is 4.95. The van der Waals surface area contributed by atoms with Gasteiger partial charge >= 0.3 is 5.69 Å². The fourth-order valence-corrected chi connectivity index (χ4v) is 3.92. The molecule has 1 aromatic heterocycles. The number of nitriles is 1. The number of benzene rings is 1. The molecule has 1 saturated carbocycles. The van der Waals surface area contributed by atoms with Crippen LogP contribution in [0.3, 0.4) is 0 Å². The monoisotopic (exact) mass is 426 g/mol. The lowest BCUT2D eigenvalue weighted by Crippen LogP contribution is -2.50. The molecule has 1 amide bonds. The van der Waals surface area contributed by atoms with Crippen molar-refractivity contribution in [1.29, 1.82) is 5.26 Å². The van der Waals surface area contributed by atoms with Crippen molar-refractivity contribution in [2.75, 3.05) is 30.3 Å². The minimum Gasteiger partial charge on any atom is -0.395 e. The topological polar surface area (TPSA) is 157 Å². The molecule has 0 bridgehead atoms. The lowest BCUT2D eigenvalue weighted by Gasteiger charge is -2.27. The summed E-state index contributed by atoms with van der Waals surface area (Å²) in [5, 5.41) is 21.7. The molecule has 0 spiro atoms. The number of hydrogen-bond acceptors (Lipinski definition) is 7. The van der Waals surface area contributed by atoms with Crippen LogP contribution < -0.4 is 27.2 Å². The number of aliphatic hydroxyl groups excluding tert-OH is 1. The highest BCUT2D eigenvalue weighted by Crippen LogP contribution is 2.29. The highest BCUT2D eigenvalue weighted by molar-refractivity contribution is 5.83. The summed E-state index contributed by atoms with van der Waals surface area (Å²) in [5.41, 5.74) is 4.60. The van der Waals surface area contributed by atoms with Crippen LogP contribution in [0.5, 0.6) is 0 Å². The zero-order valence-electron chi connectivity index (χ0n) is 17.1. The number of carbonyl (C=O) groups is 1. The number of hydrogen-bond donors (Lipinski definition) is 4. The van der Waals surface area contributed by atoms with Crippen LogP contribution >= 0.6 is 0 Å². The molecule has 0 saturated heterocycles. The van der Waals surface area contributed by atoms with E-state index in [0.717, 1.165) is 18.4 Å². The number of amides is 1. The number of nitrogen functional groups attached to an aromatic ring is 1. The van der Waals surface area contributed by atoms with Crippen LogP contribution in [0.2, 0.25) is 0 Å². The molecule has 0 aliphatic heterocycles. The highest BCUT2D eigenvalue weighted by Gasteiger charge is 2.35. The molecule has 1 heterocycles. The van der Waals surface area contributed by atoms with Gasteiger partial charge in [-0.1, -0.05) is 30.3 Å². The van der Waals surface area contributed by atoms with Gasteiger partial charge in [-0.25, -0.2) is 4.79 Å². The Morgan fingerprint density at radius 3 is 2.58 bits per heavy atom. The van der Waals surface area contributed by atoms with Gasteiger partial charge in [0.25, 0.3) is 5.56 Å². The van der Waals surface area contributed by atoms with Crippen LogP contribution in [0.25, 0.3) is 0 Å². The standard InChI is InChI=1S/C21H26N6O4/c22-14-21(8-4-5-9-21)25-16(29)13-26(10-11-28)17-18(23)27(20(31)24-19(17)30)12-15-6-2-1-3-7-15/h1-3,6-7,28H,4-5,8-13,23H2,(H,25,29)(H,24,30,31). The molecule has 1 fully saturated rings. The van der Waals surface area contributed by atoms with Crippen molar-refractivity contribution >= 4 is 17.4 Å². The maximum absolute atomic E-state index is 12.7. The molecule has 0 atom stereocenters. The summed E-state index contributed by atoms with van der Waals surface area (Å²) in [6, 6.07) is 11.3. The zero-order valence-corrected chi connectivity index (χ0v) is 17.1.